The third-order valence-electron chi connectivity index (χ3n) is 1.39. The molecule has 0 bridgehead atoms. The Bertz CT molecular complexity index is 235. The maximum absolute atomic E-state index is 10.7. The molecular formula is C8H16NO4P. The van der Waals surface area contributed by atoms with Crippen molar-refractivity contribution >= 4 is 13.5 Å². The van der Waals surface area contributed by atoms with Crippen LogP contribution in [0.4, 0.5) is 0 Å². The van der Waals surface area contributed by atoms with Gasteiger partial charge < -0.3 is 14.7 Å². The van der Waals surface area contributed by atoms with Gasteiger partial charge in [0.25, 0.3) is 0 Å². The summed E-state index contributed by atoms with van der Waals surface area (Å²) in [6, 6.07) is 0. The van der Waals surface area contributed by atoms with Crippen molar-refractivity contribution in [2.75, 3.05) is 19.8 Å². The number of nitrogens with one attached hydrogen (secondary N) is 1. The van der Waals surface area contributed by atoms with E-state index in [4.69, 9.17) is 4.89 Å². The zero-order valence-corrected chi connectivity index (χ0v) is 9.13. The number of carbonyl (C=O) groups excluding carboxylic acids is 1. The van der Waals surface area contributed by atoms with Gasteiger partial charge in [-0.1, -0.05) is 6.58 Å². The van der Waals surface area contributed by atoms with Crippen molar-refractivity contribution < 1.29 is 18.8 Å². The largest absolute Gasteiger partial charge is 0.353 e. The van der Waals surface area contributed by atoms with Crippen molar-refractivity contribution in [1.29, 1.82) is 0 Å². The molecule has 0 saturated carbocycles. The second-order valence-corrected chi connectivity index (χ2v) is 4.70. The summed E-state index contributed by atoms with van der Waals surface area (Å²) >= 11 is 0. The standard InChI is InChI=1S/C8H16NO4P/c1-3-8(10)9-6-4-5-7-13-14(2,11)12/h3H,1,4-7H2,2H3,(H,9,10)(H,11,12). The molecule has 2 N–H and O–H groups in total. The van der Waals surface area contributed by atoms with Crippen LogP contribution in [0.15, 0.2) is 12.7 Å². The molecule has 5 nitrogen and oxygen atoms in total. The lowest BCUT2D eigenvalue weighted by Crippen LogP contribution is -2.21. The predicted molar refractivity (Wildman–Crippen MR) is 54.1 cm³/mol. The Labute approximate surface area is 83.7 Å². The van der Waals surface area contributed by atoms with E-state index in [1.54, 1.807) is 0 Å². The summed E-state index contributed by atoms with van der Waals surface area (Å²) in [5.74, 6) is -0.214. The molecule has 0 saturated heterocycles. The van der Waals surface area contributed by atoms with E-state index in [0.29, 0.717) is 19.4 Å². The first-order valence-electron chi connectivity index (χ1n) is 4.31. The Balaban J connectivity index is 3.27. The average molecular weight is 221 g/mol. The van der Waals surface area contributed by atoms with Crippen LogP contribution in [0, 0.1) is 0 Å². The van der Waals surface area contributed by atoms with Crippen LogP contribution in [0.1, 0.15) is 12.8 Å². The number of hydrogen-bond donors (Lipinski definition) is 2. The van der Waals surface area contributed by atoms with E-state index in [0.717, 1.165) is 6.66 Å². The molecule has 1 amide bonds. The molecule has 0 heterocycles. The molecule has 14 heavy (non-hydrogen) atoms. The van der Waals surface area contributed by atoms with Crippen molar-refractivity contribution in [3.63, 3.8) is 0 Å². The maximum Gasteiger partial charge on any atom is 0.325 e. The van der Waals surface area contributed by atoms with E-state index in [1.807, 2.05) is 0 Å². The minimum absolute atomic E-state index is 0.214. The lowest BCUT2D eigenvalue weighted by molar-refractivity contribution is -0.116. The molecule has 0 fully saturated rings. The van der Waals surface area contributed by atoms with Gasteiger partial charge in [-0.05, 0) is 18.9 Å². The Morgan fingerprint density at radius 3 is 2.79 bits per heavy atom. The lowest BCUT2D eigenvalue weighted by atomic mass is 10.3. The quantitative estimate of drug-likeness (QED) is 0.380. The zero-order valence-electron chi connectivity index (χ0n) is 8.23. The summed E-state index contributed by atoms with van der Waals surface area (Å²) in [7, 11) is -3.34. The highest BCUT2D eigenvalue weighted by Gasteiger charge is 2.08. The van der Waals surface area contributed by atoms with Crippen molar-refractivity contribution in [3.8, 4) is 0 Å². The summed E-state index contributed by atoms with van der Waals surface area (Å²) in [5, 5.41) is 2.59. The molecule has 0 aromatic heterocycles. The van der Waals surface area contributed by atoms with Crippen LogP contribution in [0.25, 0.3) is 0 Å². The fourth-order valence-electron chi connectivity index (χ4n) is 0.745. The van der Waals surface area contributed by atoms with E-state index >= 15 is 0 Å². The van der Waals surface area contributed by atoms with Crippen molar-refractivity contribution in [2.45, 2.75) is 12.8 Å². The number of rotatable bonds is 7. The topological polar surface area (TPSA) is 75.6 Å². The summed E-state index contributed by atoms with van der Waals surface area (Å²) in [6.45, 7) is 5.20. The molecule has 0 aliphatic carbocycles. The first kappa shape index (κ1) is 13.4. The van der Waals surface area contributed by atoms with Crippen LogP contribution in [0.3, 0.4) is 0 Å². The van der Waals surface area contributed by atoms with Gasteiger partial charge in [0.15, 0.2) is 0 Å². The van der Waals surface area contributed by atoms with Gasteiger partial charge in [0.1, 0.15) is 0 Å². The van der Waals surface area contributed by atoms with Crippen LogP contribution in [0.5, 0.6) is 0 Å². The fraction of sp³-hybridized carbons (Fsp3) is 0.625. The average Bonchev–Trinajstić information content (AvgIpc) is 2.08. The van der Waals surface area contributed by atoms with Crippen molar-refractivity contribution in [1.82, 2.24) is 5.32 Å². The minimum atomic E-state index is -3.34. The summed E-state index contributed by atoms with van der Waals surface area (Å²) in [5.41, 5.74) is 0. The van der Waals surface area contributed by atoms with Gasteiger partial charge >= 0.3 is 7.60 Å². The normalized spacial score (nSPS) is 14.4. The molecule has 0 radical (unpaired) electrons. The number of amides is 1. The first-order valence-corrected chi connectivity index (χ1v) is 6.33. The predicted octanol–water partition coefficient (Wildman–Crippen LogP) is 0.901. The second-order valence-electron chi connectivity index (χ2n) is 2.84. The molecule has 0 rings (SSSR count). The highest BCUT2D eigenvalue weighted by Crippen LogP contribution is 2.36. The Morgan fingerprint density at radius 1 is 1.64 bits per heavy atom. The SMILES string of the molecule is C=CC(=O)NCCCCOP(C)(=O)O. The molecule has 6 heteroatoms. The van der Waals surface area contributed by atoms with Gasteiger partial charge in [0, 0.05) is 13.2 Å². The summed E-state index contributed by atoms with van der Waals surface area (Å²) in [6.07, 6.45) is 2.54. The monoisotopic (exact) mass is 221 g/mol. The Morgan fingerprint density at radius 2 is 2.29 bits per heavy atom. The molecule has 82 valence electrons. The van der Waals surface area contributed by atoms with Crippen LogP contribution in [-0.2, 0) is 13.9 Å². The molecule has 1 atom stereocenters. The van der Waals surface area contributed by atoms with Crippen LogP contribution in [-0.4, -0.2) is 30.6 Å². The third-order valence-corrected chi connectivity index (χ3v) is 2.05. The highest BCUT2D eigenvalue weighted by molar-refractivity contribution is 7.51. The van der Waals surface area contributed by atoms with Gasteiger partial charge in [-0.2, -0.15) is 0 Å². The number of unbranched alkanes of at least 4 members (excludes halogenated alkanes) is 1. The maximum atomic E-state index is 10.7. The highest BCUT2D eigenvalue weighted by atomic mass is 31.2. The van der Waals surface area contributed by atoms with E-state index < -0.39 is 7.60 Å². The second kappa shape index (κ2) is 6.76. The van der Waals surface area contributed by atoms with Gasteiger partial charge in [-0.25, -0.2) is 0 Å². The third kappa shape index (κ3) is 9.45. The van der Waals surface area contributed by atoms with Gasteiger partial charge in [0.2, 0.25) is 5.91 Å². The molecule has 1 unspecified atom stereocenters. The van der Waals surface area contributed by atoms with E-state index in [-0.39, 0.29) is 12.5 Å². The van der Waals surface area contributed by atoms with Gasteiger partial charge in [0.05, 0.1) is 6.61 Å². The van der Waals surface area contributed by atoms with Crippen molar-refractivity contribution in [3.05, 3.63) is 12.7 Å². The van der Waals surface area contributed by atoms with Gasteiger partial charge in [-0.3, -0.25) is 9.36 Å². The molecule has 0 aromatic rings. The molecule has 0 aliphatic rings. The number of carbonyl (C=O) groups is 1. The Kier molecular flexibility index (Phi) is 6.45. The zero-order chi connectivity index (χ0) is 11.0. The minimum Gasteiger partial charge on any atom is -0.353 e. The number of hydrogen-bond acceptors (Lipinski definition) is 3. The lowest BCUT2D eigenvalue weighted by Gasteiger charge is -2.06. The first-order chi connectivity index (χ1) is 6.45. The van der Waals surface area contributed by atoms with Gasteiger partial charge in [-0.15, -0.1) is 0 Å². The Hall–Kier alpha value is -0.640. The summed E-state index contributed by atoms with van der Waals surface area (Å²) < 4.78 is 15.3. The molecule has 0 spiro atoms. The fourth-order valence-corrected chi connectivity index (χ4v) is 1.21. The molecular weight excluding hydrogens is 205 g/mol. The van der Waals surface area contributed by atoms with Crippen LogP contribution in [0.2, 0.25) is 0 Å². The van der Waals surface area contributed by atoms with Crippen LogP contribution < -0.4 is 5.32 Å². The van der Waals surface area contributed by atoms with Crippen molar-refractivity contribution in [2.24, 2.45) is 0 Å². The van der Waals surface area contributed by atoms with E-state index in [1.165, 1.54) is 6.08 Å². The smallest absolute Gasteiger partial charge is 0.325 e. The van der Waals surface area contributed by atoms with E-state index in [2.05, 4.69) is 16.4 Å². The molecule has 0 aliphatic heterocycles. The molecule has 0 aromatic carbocycles. The van der Waals surface area contributed by atoms with E-state index in [9.17, 15) is 9.36 Å². The summed E-state index contributed by atoms with van der Waals surface area (Å²) in [4.78, 5) is 19.4. The van der Waals surface area contributed by atoms with Crippen LogP contribution >= 0.6 is 7.60 Å².